The summed E-state index contributed by atoms with van der Waals surface area (Å²) in [7, 11) is 0. The first-order valence-electron chi connectivity index (χ1n) is 7.41. The van der Waals surface area contributed by atoms with E-state index in [1.165, 1.54) is 64.2 Å². The Bertz CT molecular complexity index is 73.1. The zero-order valence-electron chi connectivity index (χ0n) is 12.9. The maximum absolute atomic E-state index is 3.78. The molecule has 0 saturated carbocycles. The van der Waals surface area contributed by atoms with Gasteiger partial charge in [-0.05, 0) is 0 Å². The van der Waals surface area contributed by atoms with Crippen molar-refractivity contribution in [3.05, 3.63) is 13.8 Å². The fourth-order valence-electron chi connectivity index (χ4n) is 1.56. The first kappa shape index (κ1) is 27.5. The van der Waals surface area contributed by atoms with E-state index in [-0.39, 0.29) is 37.4 Å². The van der Waals surface area contributed by atoms with Gasteiger partial charge in [-0.3, -0.25) is 0 Å². The molecule has 0 aromatic heterocycles. The van der Waals surface area contributed by atoms with Crippen LogP contribution >= 0.6 is 13.5 Å². The quantitative estimate of drug-likeness (QED) is 0.318. The molecule has 0 aliphatic carbocycles. The van der Waals surface area contributed by atoms with Gasteiger partial charge >= 0.3 is 0 Å². The van der Waals surface area contributed by atoms with Crippen molar-refractivity contribution < 1.29 is 0 Å². The molecule has 0 heterocycles. The first-order chi connectivity index (χ1) is 7.83. The minimum atomic E-state index is 0. The van der Waals surface area contributed by atoms with Crippen molar-refractivity contribution in [2.75, 3.05) is 0 Å². The van der Waals surface area contributed by atoms with Crippen molar-refractivity contribution in [3.63, 3.8) is 0 Å². The SMILES string of the molecule is S.[CH2]CCCCCCC.[CH2]CCCCCCC.[Sn]. The summed E-state index contributed by atoms with van der Waals surface area (Å²) in [5.41, 5.74) is 0. The summed E-state index contributed by atoms with van der Waals surface area (Å²) in [5.74, 6) is 0. The van der Waals surface area contributed by atoms with Gasteiger partial charge in [-0.15, -0.1) is 0 Å². The predicted molar refractivity (Wildman–Crippen MR) is 93.6 cm³/mol. The minimum absolute atomic E-state index is 0. The molecule has 0 rings (SSSR count). The fraction of sp³-hybridized carbons (Fsp3) is 0.875. The van der Waals surface area contributed by atoms with Gasteiger partial charge in [0, 0.05) is 23.9 Å². The molecule has 0 aromatic carbocycles. The number of unbranched alkanes of at least 4 members (excludes halogenated alkanes) is 10. The Balaban J connectivity index is -0.0000000980. The van der Waals surface area contributed by atoms with Gasteiger partial charge in [-0.25, -0.2) is 0 Å². The molecule has 0 fully saturated rings. The Kier molecular flexibility index (Phi) is 47.1. The van der Waals surface area contributed by atoms with Crippen LogP contribution in [0.5, 0.6) is 0 Å². The first-order valence-corrected chi connectivity index (χ1v) is 7.41. The molecule has 0 bridgehead atoms. The standard InChI is InChI=1S/2C8H17.H2S.Sn/c2*1-3-5-7-8-6-4-2;;/h2*1,3-8H2,2H3;1H2;. The molecule has 6 radical (unpaired) electrons. The van der Waals surface area contributed by atoms with Crippen molar-refractivity contribution in [2.24, 2.45) is 0 Å². The van der Waals surface area contributed by atoms with Crippen LogP contribution in [0, 0.1) is 13.8 Å². The van der Waals surface area contributed by atoms with E-state index in [0.717, 1.165) is 12.8 Å². The van der Waals surface area contributed by atoms with Gasteiger partial charge in [0.15, 0.2) is 0 Å². The van der Waals surface area contributed by atoms with Crippen molar-refractivity contribution in [3.8, 4) is 0 Å². The Morgan fingerprint density at radius 3 is 1.06 bits per heavy atom. The molecule has 110 valence electrons. The summed E-state index contributed by atoms with van der Waals surface area (Å²) in [6, 6.07) is 0. The smallest absolute Gasteiger partial charge is 0 e. The Morgan fingerprint density at radius 1 is 0.556 bits per heavy atom. The largest absolute Gasteiger partial charge is 0.197 e. The van der Waals surface area contributed by atoms with Crippen LogP contribution in [0.25, 0.3) is 0 Å². The van der Waals surface area contributed by atoms with Gasteiger partial charge in [-0.2, -0.15) is 13.5 Å². The summed E-state index contributed by atoms with van der Waals surface area (Å²) in [5, 5.41) is 0. The van der Waals surface area contributed by atoms with E-state index in [9.17, 15) is 0 Å². The maximum Gasteiger partial charge on any atom is 0 e. The molecule has 0 N–H and O–H groups in total. The molecule has 0 aliphatic heterocycles. The average Bonchev–Trinajstić information content (AvgIpc) is 2.31. The van der Waals surface area contributed by atoms with Crippen LogP contribution in [0.1, 0.15) is 90.9 Å². The normalized spacial score (nSPS) is 8.67. The van der Waals surface area contributed by atoms with Gasteiger partial charge in [0.2, 0.25) is 0 Å². The predicted octanol–water partition coefficient (Wildman–Crippen LogP) is 6.09. The van der Waals surface area contributed by atoms with Crippen molar-refractivity contribution in [2.45, 2.75) is 90.9 Å². The van der Waals surface area contributed by atoms with E-state index < -0.39 is 0 Å². The molecule has 0 saturated heterocycles. The molecule has 0 atom stereocenters. The maximum atomic E-state index is 3.78. The molecule has 0 aromatic rings. The van der Waals surface area contributed by atoms with E-state index in [0.29, 0.717) is 0 Å². The molecule has 0 amide bonds. The summed E-state index contributed by atoms with van der Waals surface area (Å²) in [4.78, 5) is 0. The van der Waals surface area contributed by atoms with E-state index >= 15 is 0 Å². The summed E-state index contributed by atoms with van der Waals surface area (Å²) >= 11 is 0. The van der Waals surface area contributed by atoms with Crippen molar-refractivity contribution >= 4 is 37.4 Å². The minimum Gasteiger partial charge on any atom is -0.197 e. The molecule has 2 heteroatoms. The van der Waals surface area contributed by atoms with E-state index in [2.05, 4.69) is 27.7 Å². The van der Waals surface area contributed by atoms with Crippen LogP contribution in [0.15, 0.2) is 0 Å². The van der Waals surface area contributed by atoms with E-state index in [1.807, 2.05) is 0 Å². The van der Waals surface area contributed by atoms with E-state index in [1.54, 1.807) is 0 Å². The molecular formula is C16H36SSn. The summed E-state index contributed by atoms with van der Waals surface area (Å²) in [6.07, 6.45) is 16.0. The Labute approximate surface area is 141 Å². The van der Waals surface area contributed by atoms with E-state index in [4.69, 9.17) is 0 Å². The van der Waals surface area contributed by atoms with Crippen LogP contribution in [0.2, 0.25) is 0 Å². The van der Waals surface area contributed by atoms with Gasteiger partial charge in [0.05, 0.1) is 0 Å². The van der Waals surface area contributed by atoms with Gasteiger partial charge in [0.1, 0.15) is 0 Å². The molecule has 0 nitrogen and oxygen atoms in total. The zero-order valence-corrected chi connectivity index (χ0v) is 16.8. The van der Waals surface area contributed by atoms with Gasteiger partial charge < -0.3 is 0 Å². The van der Waals surface area contributed by atoms with Crippen LogP contribution in [-0.2, 0) is 0 Å². The summed E-state index contributed by atoms with van der Waals surface area (Å²) in [6.45, 7) is 12.0. The van der Waals surface area contributed by atoms with Gasteiger partial charge in [0.25, 0.3) is 0 Å². The van der Waals surface area contributed by atoms with Crippen molar-refractivity contribution in [1.82, 2.24) is 0 Å². The average molecular weight is 379 g/mol. The number of rotatable bonds is 10. The second-order valence-corrected chi connectivity index (χ2v) is 4.54. The third kappa shape index (κ3) is 36.0. The van der Waals surface area contributed by atoms with Gasteiger partial charge in [-0.1, -0.05) is 105 Å². The topological polar surface area (TPSA) is 0 Å². The molecule has 0 unspecified atom stereocenters. The zero-order chi connectivity index (χ0) is 12.5. The molecule has 0 aliphatic rings. The third-order valence-electron chi connectivity index (χ3n) is 2.71. The number of hydrogen-bond donors (Lipinski definition) is 0. The Morgan fingerprint density at radius 2 is 0.833 bits per heavy atom. The fourth-order valence-corrected chi connectivity index (χ4v) is 1.56. The monoisotopic (exact) mass is 380 g/mol. The van der Waals surface area contributed by atoms with Crippen LogP contribution in [-0.4, -0.2) is 23.9 Å². The van der Waals surface area contributed by atoms with Crippen LogP contribution in [0.3, 0.4) is 0 Å². The molecule has 0 spiro atoms. The molecule has 18 heavy (non-hydrogen) atoms. The second kappa shape index (κ2) is 30.9. The van der Waals surface area contributed by atoms with Crippen LogP contribution in [0.4, 0.5) is 0 Å². The Hall–Kier alpha value is 1.15. The molecular weight excluding hydrogens is 343 g/mol. The second-order valence-electron chi connectivity index (χ2n) is 4.54. The number of hydrogen-bond acceptors (Lipinski definition) is 0. The third-order valence-corrected chi connectivity index (χ3v) is 2.71. The summed E-state index contributed by atoms with van der Waals surface area (Å²) < 4.78 is 0. The van der Waals surface area contributed by atoms with Crippen LogP contribution < -0.4 is 0 Å². The van der Waals surface area contributed by atoms with Crippen molar-refractivity contribution in [1.29, 1.82) is 0 Å².